The number of hydrogen-bond acceptors (Lipinski definition) is 2. The van der Waals surface area contributed by atoms with Gasteiger partial charge in [0.25, 0.3) is 0 Å². The summed E-state index contributed by atoms with van der Waals surface area (Å²) < 4.78 is 8.22. The minimum atomic E-state index is 0.479. The quantitative estimate of drug-likeness (QED) is 0.754. The summed E-state index contributed by atoms with van der Waals surface area (Å²) >= 11 is 10.5. The molecule has 0 saturated carbocycles. The van der Waals surface area contributed by atoms with E-state index < -0.39 is 0 Å². The fourth-order valence-electron chi connectivity index (χ4n) is 1.33. The zero-order valence-corrected chi connectivity index (χ0v) is 13.9. The smallest absolute Gasteiger partial charge is 0.0629 e. The van der Waals surface area contributed by atoms with Gasteiger partial charge in [-0.25, -0.2) is 0 Å². The number of ether oxygens (including phenoxy) is 1. The molecule has 5 heteroatoms. The zero-order valence-electron chi connectivity index (χ0n) is 9.19. The number of benzene rings is 1. The van der Waals surface area contributed by atoms with Crippen LogP contribution in [0.1, 0.15) is 6.92 Å². The van der Waals surface area contributed by atoms with Crippen LogP contribution >= 0.6 is 47.8 Å². The molecule has 0 bridgehead atoms. The number of hydrogen-bond donors (Lipinski definition) is 1. The second kappa shape index (κ2) is 6.99. The Kier molecular flexibility index (Phi) is 6.32. The van der Waals surface area contributed by atoms with Gasteiger partial charge in [-0.15, -0.1) is 0 Å². The van der Waals surface area contributed by atoms with Crippen LogP contribution in [0.2, 0.25) is 0 Å². The molecule has 1 unspecified atom stereocenters. The van der Waals surface area contributed by atoms with Crippen LogP contribution in [0.3, 0.4) is 0 Å². The summed E-state index contributed by atoms with van der Waals surface area (Å²) in [6, 6.07) is 4.04. The van der Waals surface area contributed by atoms with Crippen LogP contribution in [-0.2, 0) is 4.74 Å². The Hall–Kier alpha value is 0.420. The first-order chi connectivity index (χ1) is 7.54. The van der Waals surface area contributed by atoms with E-state index in [0.717, 1.165) is 32.3 Å². The Labute approximate surface area is 122 Å². The topological polar surface area (TPSA) is 21.3 Å². The summed E-state index contributed by atoms with van der Waals surface area (Å²) in [6.07, 6.45) is 0. The van der Waals surface area contributed by atoms with Crippen molar-refractivity contribution in [3.8, 4) is 0 Å². The van der Waals surface area contributed by atoms with Gasteiger partial charge < -0.3 is 10.1 Å². The molecule has 0 spiro atoms. The van der Waals surface area contributed by atoms with Crippen molar-refractivity contribution in [2.45, 2.75) is 6.92 Å². The lowest BCUT2D eigenvalue weighted by atomic mass is 10.2. The molecular formula is C11H14Br3NO. The Balaban J connectivity index is 2.67. The molecule has 0 aliphatic heterocycles. The average molecular weight is 416 g/mol. The molecule has 0 aliphatic rings. The fraction of sp³-hybridized carbons (Fsp3) is 0.455. The van der Waals surface area contributed by atoms with Gasteiger partial charge in [-0.1, -0.05) is 22.9 Å². The molecule has 90 valence electrons. The summed E-state index contributed by atoms with van der Waals surface area (Å²) in [5.74, 6) is 0.479. The summed E-state index contributed by atoms with van der Waals surface area (Å²) in [7, 11) is 1.72. The van der Waals surface area contributed by atoms with E-state index in [0.29, 0.717) is 5.92 Å². The average Bonchev–Trinajstić information content (AvgIpc) is 2.16. The van der Waals surface area contributed by atoms with E-state index in [-0.39, 0.29) is 0 Å². The predicted molar refractivity (Wildman–Crippen MR) is 79.1 cm³/mol. The maximum Gasteiger partial charge on any atom is 0.0629 e. The first-order valence-electron chi connectivity index (χ1n) is 4.92. The van der Waals surface area contributed by atoms with Crippen LogP contribution in [0, 0.1) is 5.92 Å². The molecule has 0 amide bonds. The first-order valence-corrected chi connectivity index (χ1v) is 7.29. The van der Waals surface area contributed by atoms with Crippen molar-refractivity contribution >= 4 is 53.5 Å². The first kappa shape index (κ1) is 14.5. The minimum Gasteiger partial charge on any atom is -0.384 e. The maximum absolute atomic E-state index is 5.10. The molecule has 0 aromatic heterocycles. The molecule has 0 radical (unpaired) electrons. The molecule has 2 nitrogen and oxygen atoms in total. The van der Waals surface area contributed by atoms with Gasteiger partial charge in [0.2, 0.25) is 0 Å². The Morgan fingerprint density at radius 2 is 1.81 bits per heavy atom. The molecule has 0 heterocycles. The number of nitrogens with one attached hydrogen (secondary N) is 1. The van der Waals surface area contributed by atoms with E-state index in [2.05, 4.69) is 60.0 Å². The lowest BCUT2D eigenvalue weighted by Gasteiger charge is -2.15. The lowest BCUT2D eigenvalue weighted by Crippen LogP contribution is -2.16. The number of rotatable bonds is 5. The number of anilines is 1. The van der Waals surface area contributed by atoms with Crippen molar-refractivity contribution < 1.29 is 4.74 Å². The molecule has 0 fully saturated rings. The maximum atomic E-state index is 5.10. The van der Waals surface area contributed by atoms with Crippen molar-refractivity contribution in [2.24, 2.45) is 5.92 Å². The molecule has 0 aliphatic carbocycles. The molecule has 1 aromatic carbocycles. The van der Waals surface area contributed by atoms with Crippen LogP contribution in [0.15, 0.2) is 25.6 Å². The van der Waals surface area contributed by atoms with Gasteiger partial charge in [-0.2, -0.15) is 0 Å². The van der Waals surface area contributed by atoms with Crippen molar-refractivity contribution in [1.82, 2.24) is 0 Å². The third kappa shape index (κ3) is 4.35. The van der Waals surface area contributed by atoms with Gasteiger partial charge >= 0.3 is 0 Å². The predicted octanol–water partition coefficient (Wildman–Crippen LogP) is 4.67. The van der Waals surface area contributed by atoms with E-state index in [1.807, 2.05) is 12.1 Å². The lowest BCUT2D eigenvalue weighted by molar-refractivity contribution is 0.164. The van der Waals surface area contributed by atoms with Crippen LogP contribution in [0.5, 0.6) is 0 Å². The SMILES string of the molecule is COCC(C)CNc1c(Br)cc(Br)cc1Br. The highest BCUT2D eigenvalue weighted by molar-refractivity contribution is 9.11. The summed E-state index contributed by atoms with van der Waals surface area (Å²) in [4.78, 5) is 0. The van der Waals surface area contributed by atoms with Gasteiger partial charge in [0.05, 0.1) is 12.3 Å². The van der Waals surface area contributed by atoms with Gasteiger partial charge in [0.15, 0.2) is 0 Å². The summed E-state index contributed by atoms with van der Waals surface area (Å²) in [6.45, 7) is 3.79. The Bertz CT molecular complexity index is 334. The Morgan fingerprint density at radius 3 is 2.31 bits per heavy atom. The van der Waals surface area contributed by atoms with E-state index in [1.165, 1.54) is 0 Å². The molecule has 1 atom stereocenters. The van der Waals surface area contributed by atoms with Crippen LogP contribution in [-0.4, -0.2) is 20.3 Å². The monoisotopic (exact) mass is 413 g/mol. The van der Waals surface area contributed by atoms with Crippen LogP contribution in [0.4, 0.5) is 5.69 Å². The van der Waals surface area contributed by atoms with E-state index in [9.17, 15) is 0 Å². The van der Waals surface area contributed by atoms with Gasteiger partial charge in [-0.05, 0) is 49.9 Å². The zero-order chi connectivity index (χ0) is 12.1. The normalized spacial score (nSPS) is 12.6. The highest BCUT2D eigenvalue weighted by Gasteiger charge is 2.08. The largest absolute Gasteiger partial charge is 0.384 e. The fourth-order valence-corrected chi connectivity index (χ4v) is 3.87. The summed E-state index contributed by atoms with van der Waals surface area (Å²) in [5.41, 5.74) is 1.08. The molecular weight excluding hydrogens is 402 g/mol. The second-order valence-electron chi connectivity index (χ2n) is 3.69. The van der Waals surface area contributed by atoms with Crippen molar-refractivity contribution in [2.75, 3.05) is 25.6 Å². The minimum absolute atomic E-state index is 0.479. The van der Waals surface area contributed by atoms with Gasteiger partial charge in [-0.3, -0.25) is 0 Å². The van der Waals surface area contributed by atoms with Gasteiger partial charge in [0, 0.05) is 27.1 Å². The van der Waals surface area contributed by atoms with E-state index in [1.54, 1.807) is 7.11 Å². The number of methoxy groups -OCH3 is 1. The standard InChI is InChI=1S/C11H14Br3NO/c1-7(6-16-2)5-15-11-9(13)3-8(12)4-10(11)14/h3-4,7,15H,5-6H2,1-2H3. The second-order valence-corrected chi connectivity index (χ2v) is 6.31. The molecule has 16 heavy (non-hydrogen) atoms. The molecule has 1 rings (SSSR count). The van der Waals surface area contributed by atoms with Crippen LogP contribution in [0.25, 0.3) is 0 Å². The summed E-state index contributed by atoms with van der Waals surface area (Å²) in [5, 5.41) is 3.40. The third-order valence-corrected chi connectivity index (χ3v) is 3.79. The Morgan fingerprint density at radius 1 is 1.25 bits per heavy atom. The molecule has 0 saturated heterocycles. The van der Waals surface area contributed by atoms with Gasteiger partial charge in [0.1, 0.15) is 0 Å². The van der Waals surface area contributed by atoms with Crippen molar-refractivity contribution in [3.05, 3.63) is 25.6 Å². The van der Waals surface area contributed by atoms with Crippen molar-refractivity contribution in [1.29, 1.82) is 0 Å². The highest BCUT2D eigenvalue weighted by atomic mass is 79.9. The van der Waals surface area contributed by atoms with E-state index in [4.69, 9.17) is 4.74 Å². The third-order valence-electron chi connectivity index (χ3n) is 2.09. The van der Waals surface area contributed by atoms with E-state index >= 15 is 0 Å². The number of halogens is 3. The molecule has 1 aromatic rings. The van der Waals surface area contributed by atoms with Crippen LogP contribution < -0.4 is 5.32 Å². The molecule has 1 N–H and O–H groups in total. The highest BCUT2D eigenvalue weighted by Crippen LogP contribution is 2.34. The van der Waals surface area contributed by atoms with Crippen molar-refractivity contribution in [3.63, 3.8) is 0 Å².